The average molecular weight is 306 g/mol. The molecule has 3 nitrogen and oxygen atoms in total. The van der Waals surface area contributed by atoms with Crippen LogP contribution in [0.2, 0.25) is 0 Å². The van der Waals surface area contributed by atoms with E-state index in [1.54, 1.807) is 0 Å². The molecule has 0 aromatic carbocycles. The second-order valence-corrected chi connectivity index (χ2v) is 5.39. The first-order valence-electron chi connectivity index (χ1n) is 6.73. The minimum absolute atomic E-state index is 0.278. The highest BCUT2D eigenvalue weighted by Crippen LogP contribution is 2.17. The Hall–Kier alpha value is -0.0900. The predicted octanol–water partition coefficient (Wildman–Crippen LogP) is 2.97. The fourth-order valence-corrected chi connectivity index (χ4v) is 2.64. The van der Waals surface area contributed by atoms with Gasteiger partial charge in [0.25, 0.3) is 0 Å². The summed E-state index contributed by atoms with van der Waals surface area (Å²) in [4.78, 5) is 14.0. The van der Waals surface area contributed by atoms with Gasteiger partial charge in [-0.25, -0.2) is 0 Å². The van der Waals surface area contributed by atoms with E-state index < -0.39 is 0 Å². The third-order valence-electron chi connectivity index (χ3n) is 3.15. The fourth-order valence-electron chi connectivity index (χ4n) is 2.21. The molecule has 0 N–H and O–H groups in total. The third kappa shape index (κ3) is 5.87. The third-order valence-corrected chi connectivity index (χ3v) is 3.51. The Bertz CT molecular complexity index is 211. The summed E-state index contributed by atoms with van der Waals surface area (Å²) < 4.78 is 5.65. The lowest BCUT2D eigenvalue weighted by Gasteiger charge is -2.25. The Balaban J connectivity index is 2.25. The van der Waals surface area contributed by atoms with Crippen molar-refractivity contribution >= 4 is 21.8 Å². The fraction of sp³-hybridized carbons (Fsp3) is 0.923. The van der Waals surface area contributed by atoms with Crippen molar-refractivity contribution in [2.24, 2.45) is 0 Å². The number of rotatable bonds is 7. The number of hydrogen-bond donors (Lipinski definition) is 0. The van der Waals surface area contributed by atoms with E-state index in [2.05, 4.69) is 22.9 Å². The van der Waals surface area contributed by atoms with E-state index >= 15 is 0 Å². The normalized spacial score (nSPS) is 20.2. The number of alkyl halides is 1. The lowest BCUT2D eigenvalue weighted by Crippen LogP contribution is -2.34. The molecule has 17 heavy (non-hydrogen) atoms. The molecular formula is C13H24BrNO2. The maximum atomic E-state index is 12.0. The average Bonchev–Trinajstić information content (AvgIpc) is 2.37. The summed E-state index contributed by atoms with van der Waals surface area (Å²) in [7, 11) is 0. The van der Waals surface area contributed by atoms with Crippen LogP contribution in [0.4, 0.5) is 0 Å². The van der Waals surface area contributed by atoms with Crippen LogP contribution in [0.25, 0.3) is 0 Å². The van der Waals surface area contributed by atoms with Gasteiger partial charge in [-0.3, -0.25) is 4.79 Å². The van der Waals surface area contributed by atoms with Gasteiger partial charge in [0, 0.05) is 31.4 Å². The van der Waals surface area contributed by atoms with Gasteiger partial charge in [-0.15, -0.1) is 0 Å². The molecule has 1 atom stereocenters. The molecule has 0 radical (unpaired) electrons. The van der Waals surface area contributed by atoms with Crippen molar-refractivity contribution in [2.45, 2.75) is 51.6 Å². The van der Waals surface area contributed by atoms with E-state index in [4.69, 9.17) is 4.74 Å². The molecule has 1 saturated heterocycles. The molecule has 1 aliphatic rings. The number of carbonyl (C=O) groups excluding carboxylic acids is 1. The first-order chi connectivity index (χ1) is 8.27. The summed E-state index contributed by atoms with van der Waals surface area (Å²) in [5, 5.41) is 0.860. The lowest BCUT2D eigenvalue weighted by atomic mass is 10.0. The van der Waals surface area contributed by atoms with Crippen LogP contribution >= 0.6 is 15.9 Å². The molecule has 1 rings (SSSR count). The molecule has 1 amide bonds. The summed E-state index contributed by atoms with van der Waals surface area (Å²) in [6.45, 7) is 4.67. The molecule has 1 unspecified atom stereocenters. The zero-order chi connectivity index (χ0) is 12.5. The van der Waals surface area contributed by atoms with E-state index in [1.807, 2.05) is 4.90 Å². The van der Waals surface area contributed by atoms with Gasteiger partial charge in [-0.2, -0.15) is 0 Å². The first-order valence-corrected chi connectivity index (χ1v) is 7.85. The smallest absolute Gasteiger partial charge is 0.222 e. The summed E-state index contributed by atoms with van der Waals surface area (Å²) >= 11 is 3.40. The second kappa shape index (κ2) is 8.92. The number of ether oxygens (including phenoxy) is 1. The Morgan fingerprint density at radius 1 is 1.41 bits per heavy atom. The number of halogens is 1. The Labute approximate surface area is 113 Å². The van der Waals surface area contributed by atoms with Crippen LogP contribution in [0.15, 0.2) is 0 Å². The minimum atomic E-state index is 0.278. The van der Waals surface area contributed by atoms with Crippen molar-refractivity contribution in [3.63, 3.8) is 0 Å². The number of amides is 1. The molecule has 1 fully saturated rings. The number of nitrogens with zero attached hydrogens (tertiary/aromatic N) is 1. The largest absolute Gasteiger partial charge is 0.378 e. The van der Waals surface area contributed by atoms with Gasteiger partial charge in [-0.1, -0.05) is 22.9 Å². The monoisotopic (exact) mass is 305 g/mol. The van der Waals surface area contributed by atoms with Gasteiger partial charge in [0.05, 0.1) is 6.10 Å². The highest BCUT2D eigenvalue weighted by Gasteiger charge is 2.17. The van der Waals surface area contributed by atoms with Gasteiger partial charge in [0.1, 0.15) is 0 Å². The maximum absolute atomic E-state index is 12.0. The standard InChI is InChI=1S/C13H24BrNO2/c1-2-9-15(10-8-14)13(16)7-6-12-5-3-4-11-17-12/h12H,2-11H2,1H3. The molecule has 0 saturated carbocycles. The van der Waals surface area contributed by atoms with Gasteiger partial charge >= 0.3 is 0 Å². The summed E-state index contributed by atoms with van der Waals surface area (Å²) in [5.74, 6) is 0.278. The minimum Gasteiger partial charge on any atom is -0.378 e. The van der Waals surface area contributed by atoms with E-state index in [1.165, 1.54) is 12.8 Å². The van der Waals surface area contributed by atoms with Crippen LogP contribution in [0.3, 0.4) is 0 Å². The maximum Gasteiger partial charge on any atom is 0.222 e. The van der Waals surface area contributed by atoms with E-state index in [0.29, 0.717) is 12.5 Å². The van der Waals surface area contributed by atoms with Crippen molar-refractivity contribution in [1.82, 2.24) is 4.90 Å². The van der Waals surface area contributed by atoms with Crippen LogP contribution in [0.5, 0.6) is 0 Å². The number of carbonyl (C=O) groups is 1. The zero-order valence-electron chi connectivity index (χ0n) is 10.8. The van der Waals surface area contributed by atoms with Crippen LogP contribution < -0.4 is 0 Å². The molecule has 4 heteroatoms. The van der Waals surface area contributed by atoms with Crippen molar-refractivity contribution in [3.8, 4) is 0 Å². The summed E-state index contributed by atoms with van der Waals surface area (Å²) in [6.07, 6.45) is 6.42. The Morgan fingerprint density at radius 3 is 2.82 bits per heavy atom. The first kappa shape index (κ1) is 15.0. The Kier molecular flexibility index (Phi) is 7.86. The van der Waals surface area contributed by atoms with Crippen molar-refractivity contribution < 1.29 is 9.53 Å². The van der Waals surface area contributed by atoms with Crippen LogP contribution in [0.1, 0.15) is 45.4 Å². The van der Waals surface area contributed by atoms with Crippen molar-refractivity contribution in [1.29, 1.82) is 0 Å². The van der Waals surface area contributed by atoms with Gasteiger partial charge in [0.2, 0.25) is 5.91 Å². The molecule has 100 valence electrons. The topological polar surface area (TPSA) is 29.5 Å². The van der Waals surface area contributed by atoms with E-state index in [9.17, 15) is 4.79 Å². The molecule has 0 aromatic rings. The van der Waals surface area contributed by atoms with Crippen molar-refractivity contribution in [2.75, 3.05) is 25.0 Å². The zero-order valence-corrected chi connectivity index (χ0v) is 12.4. The number of hydrogen-bond acceptors (Lipinski definition) is 2. The van der Waals surface area contributed by atoms with Gasteiger partial charge < -0.3 is 9.64 Å². The second-order valence-electron chi connectivity index (χ2n) is 4.60. The SMILES string of the molecule is CCCN(CCBr)C(=O)CCC1CCCCO1. The lowest BCUT2D eigenvalue weighted by molar-refractivity contribution is -0.132. The predicted molar refractivity (Wildman–Crippen MR) is 73.5 cm³/mol. The van der Waals surface area contributed by atoms with Crippen LogP contribution in [-0.4, -0.2) is 41.9 Å². The van der Waals surface area contributed by atoms with Gasteiger partial charge in [-0.05, 0) is 32.1 Å². The molecule has 1 aliphatic heterocycles. The Morgan fingerprint density at radius 2 is 2.24 bits per heavy atom. The molecule has 0 spiro atoms. The highest BCUT2D eigenvalue weighted by molar-refractivity contribution is 9.09. The molecule has 0 aliphatic carbocycles. The van der Waals surface area contributed by atoms with E-state index in [-0.39, 0.29) is 5.91 Å². The highest BCUT2D eigenvalue weighted by atomic mass is 79.9. The molecule has 1 heterocycles. The summed E-state index contributed by atoms with van der Waals surface area (Å²) in [6, 6.07) is 0. The van der Waals surface area contributed by atoms with Crippen LogP contribution in [-0.2, 0) is 9.53 Å². The molecular weight excluding hydrogens is 282 g/mol. The van der Waals surface area contributed by atoms with Crippen LogP contribution in [0, 0.1) is 0 Å². The van der Waals surface area contributed by atoms with Gasteiger partial charge in [0.15, 0.2) is 0 Å². The molecule has 0 aromatic heterocycles. The molecule has 0 bridgehead atoms. The van der Waals surface area contributed by atoms with E-state index in [0.717, 1.165) is 44.3 Å². The van der Waals surface area contributed by atoms with Crippen molar-refractivity contribution in [3.05, 3.63) is 0 Å². The quantitative estimate of drug-likeness (QED) is 0.677. The summed E-state index contributed by atoms with van der Waals surface area (Å²) in [5.41, 5.74) is 0.